The first kappa shape index (κ1) is 14.6. The van der Waals surface area contributed by atoms with Crippen LogP contribution in [-0.2, 0) is 0 Å². The molecule has 2 heterocycles. The van der Waals surface area contributed by atoms with Crippen LogP contribution in [0, 0.1) is 0 Å². The number of piperazine rings is 1. The highest BCUT2D eigenvalue weighted by Gasteiger charge is 2.25. The van der Waals surface area contributed by atoms with E-state index >= 15 is 0 Å². The number of ether oxygens (including phenoxy) is 1. The third kappa shape index (κ3) is 2.73. The van der Waals surface area contributed by atoms with Gasteiger partial charge < -0.3 is 14.5 Å². The van der Waals surface area contributed by atoms with E-state index in [9.17, 15) is 4.79 Å². The number of hydrogen-bond acceptors (Lipinski definition) is 4. The molecular weight excluding hydrogens is 308 g/mol. The first-order valence-corrected chi connectivity index (χ1v) is 8.03. The van der Waals surface area contributed by atoms with Gasteiger partial charge in [0.05, 0.1) is 12.1 Å². The summed E-state index contributed by atoms with van der Waals surface area (Å²) >= 11 is 7.88. The number of halogens is 1. The molecule has 0 radical (unpaired) electrons. The lowest BCUT2D eigenvalue weighted by atomic mass is 10.2. The van der Waals surface area contributed by atoms with E-state index in [-0.39, 0.29) is 5.91 Å². The van der Waals surface area contributed by atoms with Crippen molar-refractivity contribution in [2.75, 3.05) is 40.3 Å². The number of hydrogen-bond donors (Lipinski definition) is 0. The highest BCUT2D eigenvalue weighted by Crippen LogP contribution is 2.38. The minimum absolute atomic E-state index is 0.0354. The van der Waals surface area contributed by atoms with Crippen LogP contribution in [0.2, 0.25) is 5.02 Å². The molecule has 1 aliphatic heterocycles. The number of fused-ring (bicyclic) bond motifs is 1. The molecule has 3 rings (SSSR count). The zero-order valence-electron chi connectivity index (χ0n) is 12.1. The molecule has 112 valence electrons. The van der Waals surface area contributed by atoms with Crippen LogP contribution in [-0.4, -0.2) is 56.0 Å². The molecular formula is C15H17ClN2O2S. The lowest BCUT2D eigenvalue weighted by molar-refractivity contribution is 0.0669. The summed E-state index contributed by atoms with van der Waals surface area (Å²) in [6, 6.07) is 5.72. The number of thiophene rings is 1. The zero-order chi connectivity index (χ0) is 15.0. The summed E-state index contributed by atoms with van der Waals surface area (Å²) < 4.78 is 6.23. The molecule has 21 heavy (non-hydrogen) atoms. The van der Waals surface area contributed by atoms with Crippen molar-refractivity contribution in [3.8, 4) is 5.75 Å². The fourth-order valence-corrected chi connectivity index (χ4v) is 3.92. The van der Waals surface area contributed by atoms with Crippen LogP contribution in [0.15, 0.2) is 18.2 Å². The third-order valence-corrected chi connectivity index (χ3v) is 5.48. The van der Waals surface area contributed by atoms with Crippen LogP contribution in [0.5, 0.6) is 5.75 Å². The third-order valence-electron chi connectivity index (χ3n) is 3.82. The largest absolute Gasteiger partial charge is 0.497 e. The van der Waals surface area contributed by atoms with Crippen molar-refractivity contribution < 1.29 is 9.53 Å². The van der Waals surface area contributed by atoms with Gasteiger partial charge in [0.15, 0.2) is 0 Å². The van der Waals surface area contributed by atoms with E-state index in [2.05, 4.69) is 11.9 Å². The van der Waals surface area contributed by atoms with Crippen LogP contribution < -0.4 is 4.74 Å². The van der Waals surface area contributed by atoms with Crippen molar-refractivity contribution in [3.05, 3.63) is 28.1 Å². The number of amides is 1. The summed E-state index contributed by atoms with van der Waals surface area (Å²) in [5.74, 6) is 0.786. The average molecular weight is 325 g/mol. The van der Waals surface area contributed by atoms with Crippen molar-refractivity contribution in [1.82, 2.24) is 9.80 Å². The summed E-state index contributed by atoms with van der Waals surface area (Å²) in [4.78, 5) is 17.4. The van der Waals surface area contributed by atoms with Gasteiger partial charge in [0.1, 0.15) is 10.6 Å². The molecule has 2 aromatic rings. The van der Waals surface area contributed by atoms with Crippen molar-refractivity contribution in [2.24, 2.45) is 0 Å². The molecule has 0 aliphatic carbocycles. The number of rotatable bonds is 2. The molecule has 0 N–H and O–H groups in total. The smallest absolute Gasteiger partial charge is 0.265 e. The SMILES string of the molecule is COc1ccc2sc(C(=O)N3CCN(C)CC3)c(Cl)c2c1. The van der Waals surface area contributed by atoms with Gasteiger partial charge in [-0.15, -0.1) is 11.3 Å². The summed E-state index contributed by atoms with van der Waals surface area (Å²) in [5.41, 5.74) is 0. The Hall–Kier alpha value is -1.30. The predicted octanol–water partition coefficient (Wildman–Crippen LogP) is 2.95. The van der Waals surface area contributed by atoms with Gasteiger partial charge in [-0.2, -0.15) is 0 Å². The molecule has 0 spiro atoms. The standard InChI is InChI=1S/C15H17ClN2O2S/c1-17-5-7-18(8-6-17)15(19)14-13(16)11-9-10(20-2)3-4-12(11)21-14/h3-4,9H,5-8H2,1-2H3. The highest BCUT2D eigenvalue weighted by molar-refractivity contribution is 7.21. The van der Waals surface area contributed by atoms with E-state index < -0.39 is 0 Å². The lowest BCUT2D eigenvalue weighted by Gasteiger charge is -2.32. The topological polar surface area (TPSA) is 32.8 Å². The van der Waals surface area contributed by atoms with Gasteiger partial charge >= 0.3 is 0 Å². The molecule has 1 amide bonds. The van der Waals surface area contributed by atoms with Gasteiger partial charge in [-0.1, -0.05) is 11.6 Å². The molecule has 0 atom stereocenters. The van der Waals surface area contributed by atoms with Gasteiger partial charge in [0.2, 0.25) is 0 Å². The number of benzene rings is 1. The Balaban J connectivity index is 1.93. The zero-order valence-corrected chi connectivity index (χ0v) is 13.6. The molecule has 1 aromatic heterocycles. The Labute approximate surface area is 132 Å². The van der Waals surface area contributed by atoms with Crippen LogP contribution in [0.3, 0.4) is 0 Å². The van der Waals surface area contributed by atoms with E-state index in [0.717, 1.165) is 42.0 Å². The monoisotopic (exact) mass is 324 g/mol. The maximum absolute atomic E-state index is 12.7. The number of carbonyl (C=O) groups excluding carboxylic acids is 1. The second-order valence-corrected chi connectivity index (χ2v) is 6.63. The molecule has 4 nitrogen and oxygen atoms in total. The minimum Gasteiger partial charge on any atom is -0.497 e. The van der Waals surface area contributed by atoms with Gasteiger partial charge in [-0.25, -0.2) is 0 Å². The molecule has 0 saturated carbocycles. The highest BCUT2D eigenvalue weighted by atomic mass is 35.5. The summed E-state index contributed by atoms with van der Waals surface area (Å²) in [7, 11) is 3.69. The van der Waals surface area contributed by atoms with Gasteiger partial charge in [0.25, 0.3) is 5.91 Å². The quantitative estimate of drug-likeness (QED) is 0.851. The van der Waals surface area contributed by atoms with Crippen molar-refractivity contribution >= 4 is 38.9 Å². The lowest BCUT2D eigenvalue weighted by Crippen LogP contribution is -2.47. The summed E-state index contributed by atoms with van der Waals surface area (Å²) in [5, 5.41) is 1.43. The Morgan fingerprint density at radius 2 is 2.00 bits per heavy atom. The number of likely N-dealkylation sites (N-methyl/N-ethyl adjacent to an activating group) is 1. The van der Waals surface area contributed by atoms with Gasteiger partial charge in [0, 0.05) is 36.3 Å². The number of carbonyl (C=O) groups is 1. The fraction of sp³-hybridized carbons (Fsp3) is 0.400. The summed E-state index contributed by atoms with van der Waals surface area (Å²) in [6.07, 6.45) is 0. The second kappa shape index (κ2) is 5.83. The molecule has 0 unspecified atom stereocenters. The van der Waals surface area contributed by atoms with Crippen molar-refractivity contribution in [2.45, 2.75) is 0 Å². The van der Waals surface area contributed by atoms with Crippen LogP contribution in [0.25, 0.3) is 10.1 Å². The minimum atomic E-state index is 0.0354. The predicted molar refractivity (Wildman–Crippen MR) is 86.8 cm³/mol. The molecule has 1 fully saturated rings. The number of methoxy groups -OCH3 is 1. The second-order valence-electron chi connectivity index (χ2n) is 5.20. The maximum Gasteiger partial charge on any atom is 0.265 e. The Morgan fingerprint density at radius 3 is 2.67 bits per heavy atom. The Kier molecular flexibility index (Phi) is 4.06. The van der Waals surface area contributed by atoms with E-state index in [4.69, 9.17) is 16.3 Å². The van der Waals surface area contributed by atoms with E-state index in [1.807, 2.05) is 23.1 Å². The maximum atomic E-state index is 12.7. The van der Waals surface area contributed by atoms with Gasteiger partial charge in [-0.05, 0) is 25.2 Å². The summed E-state index contributed by atoms with van der Waals surface area (Å²) in [6.45, 7) is 3.32. The average Bonchev–Trinajstić information content (AvgIpc) is 2.84. The normalized spacial score (nSPS) is 16.4. The Morgan fingerprint density at radius 1 is 1.29 bits per heavy atom. The van der Waals surface area contributed by atoms with Gasteiger partial charge in [-0.3, -0.25) is 4.79 Å². The van der Waals surface area contributed by atoms with E-state index in [0.29, 0.717) is 9.90 Å². The van der Waals surface area contributed by atoms with E-state index in [1.165, 1.54) is 11.3 Å². The van der Waals surface area contributed by atoms with Crippen LogP contribution in [0.4, 0.5) is 0 Å². The first-order valence-electron chi connectivity index (χ1n) is 6.84. The van der Waals surface area contributed by atoms with E-state index in [1.54, 1.807) is 7.11 Å². The molecule has 1 saturated heterocycles. The Bertz CT molecular complexity index is 678. The van der Waals surface area contributed by atoms with Crippen LogP contribution >= 0.6 is 22.9 Å². The molecule has 1 aliphatic rings. The molecule has 1 aromatic carbocycles. The fourth-order valence-electron chi connectivity index (χ4n) is 2.46. The molecule has 0 bridgehead atoms. The van der Waals surface area contributed by atoms with Crippen molar-refractivity contribution in [1.29, 1.82) is 0 Å². The van der Waals surface area contributed by atoms with Crippen molar-refractivity contribution in [3.63, 3.8) is 0 Å². The number of nitrogens with zero attached hydrogens (tertiary/aromatic N) is 2. The first-order chi connectivity index (χ1) is 10.1. The van der Waals surface area contributed by atoms with Crippen LogP contribution in [0.1, 0.15) is 9.67 Å². The molecule has 6 heteroatoms.